The summed E-state index contributed by atoms with van der Waals surface area (Å²) in [4.78, 5) is 14.3. The van der Waals surface area contributed by atoms with Gasteiger partial charge < -0.3 is 20.1 Å². The fourth-order valence-corrected chi connectivity index (χ4v) is 3.36. The van der Waals surface area contributed by atoms with Crippen molar-refractivity contribution in [2.75, 3.05) is 26.2 Å². The first-order chi connectivity index (χ1) is 11.2. The van der Waals surface area contributed by atoms with E-state index in [0.717, 1.165) is 39.0 Å². The predicted molar refractivity (Wildman–Crippen MR) is 88.1 cm³/mol. The number of carbonyl (C=O) groups excluding carboxylic acids is 1. The molecule has 2 aliphatic rings. The van der Waals surface area contributed by atoms with Gasteiger partial charge in [-0.2, -0.15) is 0 Å². The first-order valence-corrected chi connectivity index (χ1v) is 8.58. The van der Waals surface area contributed by atoms with Gasteiger partial charge in [-0.25, -0.2) is 0 Å². The SMILES string of the molecule is O=C([C@H]1C[C@H](O)CN1)N1CCC(OCCc2ccccc2)CC1. The maximum Gasteiger partial charge on any atom is 0.239 e. The van der Waals surface area contributed by atoms with Crippen molar-refractivity contribution >= 4 is 5.91 Å². The van der Waals surface area contributed by atoms with E-state index in [9.17, 15) is 9.90 Å². The summed E-state index contributed by atoms with van der Waals surface area (Å²) in [5.41, 5.74) is 1.30. The Balaban J connectivity index is 1.36. The standard InChI is InChI=1S/C18H26N2O3/c21-15-12-17(19-13-15)18(22)20-9-6-16(7-10-20)23-11-8-14-4-2-1-3-5-14/h1-5,15-17,19,21H,6-13H2/t15-,17+/m0/s1. The quantitative estimate of drug-likeness (QED) is 0.849. The van der Waals surface area contributed by atoms with Crippen LogP contribution in [0.3, 0.4) is 0 Å². The molecule has 0 radical (unpaired) electrons. The van der Waals surface area contributed by atoms with Crippen LogP contribution in [0.2, 0.25) is 0 Å². The highest BCUT2D eigenvalue weighted by molar-refractivity contribution is 5.82. The van der Waals surface area contributed by atoms with Gasteiger partial charge in [0.05, 0.1) is 24.9 Å². The lowest BCUT2D eigenvalue weighted by molar-refractivity contribution is -0.135. The average Bonchev–Trinajstić information content (AvgIpc) is 3.02. The van der Waals surface area contributed by atoms with Gasteiger partial charge in [-0.1, -0.05) is 30.3 Å². The summed E-state index contributed by atoms with van der Waals surface area (Å²) in [6, 6.07) is 10.2. The Morgan fingerprint density at radius 3 is 2.65 bits per heavy atom. The molecule has 1 aromatic rings. The predicted octanol–water partition coefficient (Wildman–Crippen LogP) is 0.960. The number of carbonyl (C=O) groups is 1. The second-order valence-electron chi connectivity index (χ2n) is 6.48. The summed E-state index contributed by atoms with van der Waals surface area (Å²) in [6.07, 6.45) is 3.13. The number of aliphatic hydroxyl groups is 1. The van der Waals surface area contributed by atoms with E-state index in [-0.39, 0.29) is 24.2 Å². The molecule has 2 saturated heterocycles. The lowest BCUT2D eigenvalue weighted by atomic mass is 10.1. The second-order valence-corrected chi connectivity index (χ2v) is 6.48. The molecule has 0 saturated carbocycles. The molecule has 0 spiro atoms. The molecule has 1 amide bonds. The Bertz CT molecular complexity index is 500. The molecule has 126 valence electrons. The van der Waals surface area contributed by atoms with Crippen LogP contribution in [0.5, 0.6) is 0 Å². The topological polar surface area (TPSA) is 61.8 Å². The van der Waals surface area contributed by atoms with Crippen LogP contribution in [0, 0.1) is 0 Å². The molecule has 1 aromatic carbocycles. The van der Waals surface area contributed by atoms with Crippen molar-refractivity contribution in [2.45, 2.75) is 43.9 Å². The lowest BCUT2D eigenvalue weighted by Crippen LogP contribution is -2.48. The molecule has 2 aliphatic heterocycles. The molecule has 0 aromatic heterocycles. The summed E-state index contributed by atoms with van der Waals surface area (Å²) in [5.74, 6) is 0.129. The molecule has 2 atom stereocenters. The molecule has 3 rings (SSSR count). The second kappa shape index (κ2) is 7.90. The van der Waals surface area contributed by atoms with Crippen LogP contribution in [-0.2, 0) is 16.0 Å². The van der Waals surface area contributed by atoms with Gasteiger partial charge in [-0.05, 0) is 31.2 Å². The number of piperidine rings is 1. The van der Waals surface area contributed by atoms with E-state index in [1.54, 1.807) is 0 Å². The molecule has 5 heteroatoms. The Labute approximate surface area is 137 Å². The number of hydrogen-bond donors (Lipinski definition) is 2. The number of nitrogens with zero attached hydrogens (tertiary/aromatic N) is 1. The molecular formula is C18H26N2O3. The zero-order valence-corrected chi connectivity index (χ0v) is 13.5. The minimum absolute atomic E-state index is 0.129. The van der Waals surface area contributed by atoms with Crippen molar-refractivity contribution in [3.8, 4) is 0 Å². The van der Waals surface area contributed by atoms with E-state index >= 15 is 0 Å². The van der Waals surface area contributed by atoms with E-state index in [1.165, 1.54) is 5.56 Å². The van der Waals surface area contributed by atoms with Gasteiger partial charge in [0.1, 0.15) is 0 Å². The number of benzene rings is 1. The molecule has 2 fully saturated rings. The van der Waals surface area contributed by atoms with Crippen LogP contribution in [-0.4, -0.2) is 60.4 Å². The third kappa shape index (κ3) is 4.53. The minimum Gasteiger partial charge on any atom is -0.392 e. The number of ether oxygens (including phenoxy) is 1. The molecule has 5 nitrogen and oxygen atoms in total. The zero-order chi connectivity index (χ0) is 16.1. The van der Waals surface area contributed by atoms with Crippen LogP contribution in [0.15, 0.2) is 30.3 Å². The van der Waals surface area contributed by atoms with Crippen molar-refractivity contribution in [3.63, 3.8) is 0 Å². The summed E-state index contributed by atoms with van der Waals surface area (Å²) in [6.45, 7) is 2.76. The highest BCUT2D eigenvalue weighted by Crippen LogP contribution is 2.17. The summed E-state index contributed by atoms with van der Waals surface area (Å²) >= 11 is 0. The highest BCUT2D eigenvalue weighted by Gasteiger charge is 2.33. The van der Waals surface area contributed by atoms with E-state index in [2.05, 4.69) is 17.4 Å². The molecule has 2 heterocycles. The maximum atomic E-state index is 12.4. The molecule has 0 aliphatic carbocycles. The number of likely N-dealkylation sites (tertiary alicyclic amines) is 1. The fourth-order valence-electron chi connectivity index (χ4n) is 3.36. The van der Waals surface area contributed by atoms with Crippen molar-refractivity contribution in [2.24, 2.45) is 0 Å². The van der Waals surface area contributed by atoms with Crippen molar-refractivity contribution in [1.29, 1.82) is 0 Å². The molecule has 2 N–H and O–H groups in total. The largest absolute Gasteiger partial charge is 0.392 e. The Kier molecular flexibility index (Phi) is 5.65. The van der Waals surface area contributed by atoms with E-state index in [4.69, 9.17) is 4.74 Å². The molecule has 0 unspecified atom stereocenters. The number of β-amino-alcohol motifs (C(OH)–C–C–N with tert-alkyl or cyclic N) is 1. The van der Waals surface area contributed by atoms with Gasteiger partial charge in [0.25, 0.3) is 0 Å². The van der Waals surface area contributed by atoms with E-state index in [1.807, 2.05) is 23.1 Å². The summed E-state index contributed by atoms with van der Waals surface area (Å²) < 4.78 is 5.96. The Hall–Kier alpha value is -1.43. The lowest BCUT2D eigenvalue weighted by Gasteiger charge is -2.33. The van der Waals surface area contributed by atoms with Gasteiger partial charge in [0.15, 0.2) is 0 Å². The van der Waals surface area contributed by atoms with Crippen LogP contribution in [0.25, 0.3) is 0 Å². The maximum absolute atomic E-state index is 12.4. The van der Waals surface area contributed by atoms with Crippen molar-refractivity contribution < 1.29 is 14.6 Å². The van der Waals surface area contributed by atoms with Crippen LogP contribution < -0.4 is 5.32 Å². The highest BCUT2D eigenvalue weighted by atomic mass is 16.5. The third-order valence-corrected chi connectivity index (χ3v) is 4.75. The number of rotatable bonds is 5. The first kappa shape index (κ1) is 16.4. The third-order valence-electron chi connectivity index (χ3n) is 4.75. The van der Waals surface area contributed by atoms with Crippen molar-refractivity contribution in [3.05, 3.63) is 35.9 Å². The van der Waals surface area contributed by atoms with Crippen LogP contribution in [0.1, 0.15) is 24.8 Å². The number of nitrogens with one attached hydrogen (secondary N) is 1. The minimum atomic E-state index is -0.386. The summed E-state index contributed by atoms with van der Waals surface area (Å²) in [7, 11) is 0. The molecule has 0 bridgehead atoms. The number of hydrogen-bond acceptors (Lipinski definition) is 4. The smallest absolute Gasteiger partial charge is 0.239 e. The van der Waals surface area contributed by atoms with Gasteiger partial charge in [0, 0.05) is 19.6 Å². The normalized spacial score (nSPS) is 25.7. The zero-order valence-electron chi connectivity index (χ0n) is 13.5. The monoisotopic (exact) mass is 318 g/mol. The first-order valence-electron chi connectivity index (χ1n) is 8.58. The average molecular weight is 318 g/mol. The van der Waals surface area contributed by atoms with Gasteiger partial charge >= 0.3 is 0 Å². The van der Waals surface area contributed by atoms with Gasteiger partial charge in [-0.15, -0.1) is 0 Å². The Morgan fingerprint density at radius 2 is 2.00 bits per heavy atom. The van der Waals surface area contributed by atoms with E-state index < -0.39 is 0 Å². The fraction of sp³-hybridized carbons (Fsp3) is 0.611. The van der Waals surface area contributed by atoms with Gasteiger partial charge in [-0.3, -0.25) is 4.79 Å². The summed E-state index contributed by atoms with van der Waals surface area (Å²) in [5, 5.41) is 12.6. The molecular weight excluding hydrogens is 292 g/mol. The number of aliphatic hydroxyl groups excluding tert-OH is 1. The van der Waals surface area contributed by atoms with E-state index in [0.29, 0.717) is 13.0 Å². The molecule has 23 heavy (non-hydrogen) atoms. The van der Waals surface area contributed by atoms with Gasteiger partial charge in [0.2, 0.25) is 5.91 Å². The Morgan fingerprint density at radius 1 is 1.26 bits per heavy atom. The van der Waals surface area contributed by atoms with Crippen LogP contribution in [0.4, 0.5) is 0 Å². The number of amides is 1. The van der Waals surface area contributed by atoms with Crippen molar-refractivity contribution in [1.82, 2.24) is 10.2 Å². The van der Waals surface area contributed by atoms with Crippen LogP contribution >= 0.6 is 0 Å².